The SMILES string of the molecule is COCCNC(=O)c1sc2ccccc2c1C[C@H]1CCCCCN1. The molecule has 5 heteroatoms. The minimum absolute atomic E-state index is 0.0249. The van der Waals surface area contributed by atoms with Crippen molar-refractivity contribution in [1.82, 2.24) is 10.6 Å². The number of nitrogens with one attached hydrogen (secondary N) is 2. The number of hydrogen-bond acceptors (Lipinski definition) is 4. The van der Waals surface area contributed by atoms with Gasteiger partial charge in [-0.2, -0.15) is 0 Å². The highest BCUT2D eigenvalue weighted by Crippen LogP contribution is 2.33. The van der Waals surface area contributed by atoms with Crippen molar-refractivity contribution in [2.24, 2.45) is 0 Å². The number of thiophene rings is 1. The van der Waals surface area contributed by atoms with Gasteiger partial charge < -0.3 is 15.4 Å². The molecule has 1 fully saturated rings. The molecule has 1 aromatic heterocycles. The molecule has 1 saturated heterocycles. The first-order valence-corrected chi connectivity index (χ1v) is 9.62. The third-order valence-electron chi connectivity index (χ3n) is 4.61. The molecule has 1 aliphatic heterocycles. The second kappa shape index (κ2) is 8.60. The number of methoxy groups -OCH3 is 1. The van der Waals surface area contributed by atoms with Crippen LogP contribution in [0.2, 0.25) is 0 Å². The molecule has 24 heavy (non-hydrogen) atoms. The van der Waals surface area contributed by atoms with Crippen LogP contribution in [0.3, 0.4) is 0 Å². The summed E-state index contributed by atoms with van der Waals surface area (Å²) in [6.45, 7) is 2.17. The summed E-state index contributed by atoms with van der Waals surface area (Å²) in [5, 5.41) is 7.86. The van der Waals surface area contributed by atoms with E-state index in [4.69, 9.17) is 4.74 Å². The Morgan fingerprint density at radius 1 is 1.33 bits per heavy atom. The third kappa shape index (κ3) is 4.15. The largest absolute Gasteiger partial charge is 0.383 e. The predicted molar refractivity (Wildman–Crippen MR) is 100.0 cm³/mol. The Kier molecular flexibility index (Phi) is 6.24. The first kappa shape index (κ1) is 17.4. The molecular formula is C19H26N2O2S. The third-order valence-corrected chi connectivity index (χ3v) is 5.82. The maximum atomic E-state index is 12.6. The van der Waals surface area contributed by atoms with Gasteiger partial charge in [0.15, 0.2) is 0 Å². The van der Waals surface area contributed by atoms with Gasteiger partial charge in [-0.25, -0.2) is 0 Å². The van der Waals surface area contributed by atoms with Gasteiger partial charge in [-0.15, -0.1) is 11.3 Å². The van der Waals surface area contributed by atoms with Crippen LogP contribution in [0.25, 0.3) is 10.1 Å². The number of carbonyl (C=O) groups excluding carboxylic acids is 1. The van der Waals surface area contributed by atoms with Crippen molar-refractivity contribution >= 4 is 27.3 Å². The minimum atomic E-state index is 0.0249. The zero-order valence-electron chi connectivity index (χ0n) is 14.3. The van der Waals surface area contributed by atoms with Gasteiger partial charge in [0.1, 0.15) is 0 Å². The van der Waals surface area contributed by atoms with Crippen LogP contribution < -0.4 is 10.6 Å². The second-order valence-electron chi connectivity index (χ2n) is 6.36. The first-order valence-electron chi connectivity index (χ1n) is 8.80. The Labute approximate surface area is 147 Å². The Hall–Kier alpha value is -1.43. The highest BCUT2D eigenvalue weighted by Gasteiger charge is 2.21. The van der Waals surface area contributed by atoms with E-state index in [1.807, 2.05) is 6.07 Å². The van der Waals surface area contributed by atoms with Crippen LogP contribution >= 0.6 is 11.3 Å². The fourth-order valence-electron chi connectivity index (χ4n) is 3.35. The fourth-order valence-corrected chi connectivity index (χ4v) is 4.50. The maximum Gasteiger partial charge on any atom is 0.261 e. The molecule has 4 nitrogen and oxygen atoms in total. The Morgan fingerprint density at radius 2 is 2.21 bits per heavy atom. The Morgan fingerprint density at radius 3 is 3.08 bits per heavy atom. The summed E-state index contributed by atoms with van der Waals surface area (Å²) in [6.07, 6.45) is 5.95. The van der Waals surface area contributed by atoms with Crippen LogP contribution in [-0.4, -0.2) is 38.8 Å². The molecule has 2 aromatic rings. The van der Waals surface area contributed by atoms with Crippen molar-refractivity contribution in [3.05, 3.63) is 34.7 Å². The predicted octanol–water partition coefficient (Wildman–Crippen LogP) is 3.35. The summed E-state index contributed by atoms with van der Waals surface area (Å²) in [4.78, 5) is 13.5. The average Bonchev–Trinajstić information content (AvgIpc) is 2.77. The molecule has 3 rings (SSSR count). The summed E-state index contributed by atoms with van der Waals surface area (Å²) >= 11 is 1.60. The second-order valence-corrected chi connectivity index (χ2v) is 7.41. The zero-order valence-corrected chi connectivity index (χ0v) is 15.1. The van der Waals surface area contributed by atoms with E-state index in [-0.39, 0.29) is 5.91 Å². The van der Waals surface area contributed by atoms with E-state index in [9.17, 15) is 4.79 Å². The molecule has 2 N–H and O–H groups in total. The molecule has 1 aliphatic rings. The molecular weight excluding hydrogens is 320 g/mol. The lowest BCUT2D eigenvalue weighted by molar-refractivity contribution is 0.0940. The number of carbonyl (C=O) groups is 1. The van der Waals surface area contributed by atoms with Gasteiger partial charge in [-0.3, -0.25) is 4.79 Å². The normalized spacial score (nSPS) is 18.5. The van der Waals surface area contributed by atoms with E-state index >= 15 is 0 Å². The molecule has 130 valence electrons. The summed E-state index contributed by atoms with van der Waals surface area (Å²) in [6, 6.07) is 8.82. The highest BCUT2D eigenvalue weighted by molar-refractivity contribution is 7.21. The monoisotopic (exact) mass is 346 g/mol. The number of rotatable bonds is 6. The van der Waals surface area contributed by atoms with E-state index in [0.29, 0.717) is 19.2 Å². The number of hydrogen-bond donors (Lipinski definition) is 2. The van der Waals surface area contributed by atoms with Gasteiger partial charge >= 0.3 is 0 Å². The maximum absolute atomic E-state index is 12.6. The van der Waals surface area contributed by atoms with Crippen LogP contribution in [-0.2, 0) is 11.2 Å². The number of ether oxygens (including phenoxy) is 1. The van der Waals surface area contributed by atoms with Gasteiger partial charge in [0.05, 0.1) is 11.5 Å². The number of fused-ring (bicyclic) bond motifs is 1. The molecule has 1 aromatic carbocycles. The number of benzene rings is 1. The van der Waals surface area contributed by atoms with Gasteiger partial charge in [0.2, 0.25) is 0 Å². The van der Waals surface area contributed by atoms with Crippen molar-refractivity contribution in [2.75, 3.05) is 26.8 Å². The van der Waals surface area contributed by atoms with Crippen molar-refractivity contribution < 1.29 is 9.53 Å². The summed E-state index contributed by atoms with van der Waals surface area (Å²) < 4.78 is 6.22. The van der Waals surface area contributed by atoms with E-state index < -0.39 is 0 Å². The van der Waals surface area contributed by atoms with Gasteiger partial charge in [-0.1, -0.05) is 31.0 Å². The van der Waals surface area contributed by atoms with Gasteiger partial charge in [-0.05, 0) is 42.8 Å². The lowest BCUT2D eigenvalue weighted by atomic mass is 9.99. The summed E-state index contributed by atoms with van der Waals surface area (Å²) in [7, 11) is 1.65. The average molecular weight is 346 g/mol. The highest BCUT2D eigenvalue weighted by atomic mass is 32.1. The van der Waals surface area contributed by atoms with Crippen LogP contribution in [0.5, 0.6) is 0 Å². The first-order chi connectivity index (χ1) is 11.8. The molecule has 0 aliphatic carbocycles. The van der Waals surface area contributed by atoms with Gasteiger partial charge in [0.25, 0.3) is 5.91 Å². The molecule has 0 radical (unpaired) electrons. The standard InChI is InChI=1S/C19H26N2O2S/c1-23-12-11-21-19(22)18-16(13-14-7-3-2-6-10-20-14)15-8-4-5-9-17(15)24-18/h4-5,8-9,14,20H,2-3,6-7,10-13H2,1H3,(H,21,22)/t14-/m1/s1. The number of amides is 1. The fraction of sp³-hybridized carbons (Fsp3) is 0.526. The van der Waals surface area contributed by atoms with E-state index in [0.717, 1.165) is 17.8 Å². The Balaban J connectivity index is 1.85. The summed E-state index contributed by atoms with van der Waals surface area (Å²) in [5.74, 6) is 0.0249. The van der Waals surface area contributed by atoms with Crippen molar-refractivity contribution in [3.63, 3.8) is 0 Å². The van der Waals surface area contributed by atoms with E-state index in [1.165, 1.54) is 41.3 Å². The molecule has 0 bridgehead atoms. The van der Waals surface area contributed by atoms with Crippen molar-refractivity contribution in [1.29, 1.82) is 0 Å². The van der Waals surface area contributed by atoms with E-state index in [1.54, 1.807) is 18.4 Å². The Bertz CT molecular complexity index is 675. The minimum Gasteiger partial charge on any atom is -0.383 e. The van der Waals surface area contributed by atoms with Crippen LogP contribution in [0, 0.1) is 0 Å². The quantitative estimate of drug-likeness (QED) is 0.789. The lowest BCUT2D eigenvalue weighted by Gasteiger charge is -2.16. The van der Waals surface area contributed by atoms with Gasteiger partial charge in [0, 0.05) is 24.4 Å². The smallest absolute Gasteiger partial charge is 0.261 e. The zero-order chi connectivity index (χ0) is 16.8. The molecule has 1 amide bonds. The van der Waals surface area contributed by atoms with Crippen molar-refractivity contribution in [2.45, 2.75) is 38.1 Å². The van der Waals surface area contributed by atoms with E-state index in [2.05, 4.69) is 28.8 Å². The molecule has 0 unspecified atom stereocenters. The van der Waals surface area contributed by atoms with Crippen LogP contribution in [0.4, 0.5) is 0 Å². The van der Waals surface area contributed by atoms with Crippen molar-refractivity contribution in [3.8, 4) is 0 Å². The molecule has 2 heterocycles. The topological polar surface area (TPSA) is 50.4 Å². The molecule has 0 saturated carbocycles. The van der Waals surface area contributed by atoms with Crippen LogP contribution in [0.15, 0.2) is 24.3 Å². The molecule has 0 spiro atoms. The lowest BCUT2D eigenvalue weighted by Crippen LogP contribution is -2.31. The van der Waals surface area contributed by atoms with Crippen LogP contribution in [0.1, 0.15) is 40.9 Å². The molecule has 1 atom stereocenters. The summed E-state index contributed by atoms with van der Waals surface area (Å²) in [5.41, 5.74) is 1.20.